The van der Waals surface area contributed by atoms with E-state index >= 15 is 0 Å². The van der Waals surface area contributed by atoms with Crippen LogP contribution in [0.4, 0.5) is 5.69 Å². The highest BCUT2D eigenvalue weighted by molar-refractivity contribution is 9.10. The van der Waals surface area contributed by atoms with Crippen molar-refractivity contribution in [3.8, 4) is 5.75 Å². The second-order valence-electron chi connectivity index (χ2n) is 4.41. The number of carbonyl (C=O) groups is 1. The molecule has 0 heterocycles. The average molecular weight is 350 g/mol. The molecule has 0 N–H and O–H groups in total. The Hall–Kier alpha value is -2.21. The molecule has 0 unspecified atom stereocenters. The number of benzene rings is 2. The first-order valence-corrected chi connectivity index (χ1v) is 6.93. The van der Waals surface area contributed by atoms with Crippen molar-refractivity contribution in [1.82, 2.24) is 0 Å². The highest BCUT2D eigenvalue weighted by Crippen LogP contribution is 2.25. The van der Waals surface area contributed by atoms with Gasteiger partial charge in [0, 0.05) is 10.5 Å². The third kappa shape index (κ3) is 3.88. The zero-order chi connectivity index (χ0) is 15.4. The van der Waals surface area contributed by atoms with Crippen LogP contribution < -0.4 is 4.74 Å². The molecule has 0 fully saturated rings. The molecule has 2 aromatic rings. The largest absolute Gasteiger partial charge is 0.489 e. The predicted molar refractivity (Wildman–Crippen MR) is 81.6 cm³/mol. The second kappa shape index (κ2) is 6.49. The monoisotopic (exact) mass is 349 g/mol. The molecule has 2 rings (SSSR count). The molecule has 0 aliphatic carbocycles. The zero-order valence-corrected chi connectivity index (χ0v) is 12.8. The number of rotatable bonds is 5. The van der Waals surface area contributed by atoms with E-state index in [4.69, 9.17) is 4.74 Å². The Kier molecular flexibility index (Phi) is 4.70. The lowest BCUT2D eigenvalue weighted by molar-refractivity contribution is -0.385. The Morgan fingerprint density at radius 3 is 2.67 bits per heavy atom. The Morgan fingerprint density at radius 1 is 1.29 bits per heavy atom. The summed E-state index contributed by atoms with van der Waals surface area (Å²) in [6, 6.07) is 11.8. The van der Waals surface area contributed by atoms with Gasteiger partial charge in [-0.05, 0) is 36.8 Å². The number of nitrogens with zero attached hydrogens (tertiary/aromatic N) is 1. The van der Waals surface area contributed by atoms with Crippen LogP contribution in [0.1, 0.15) is 22.8 Å². The molecule has 6 heteroatoms. The maximum atomic E-state index is 11.5. The van der Waals surface area contributed by atoms with Gasteiger partial charge in [0.1, 0.15) is 12.4 Å². The third-order valence-corrected chi connectivity index (χ3v) is 3.33. The van der Waals surface area contributed by atoms with Crippen LogP contribution in [0.5, 0.6) is 5.75 Å². The van der Waals surface area contributed by atoms with Crippen LogP contribution in [-0.2, 0) is 6.61 Å². The van der Waals surface area contributed by atoms with E-state index in [0.29, 0.717) is 12.4 Å². The molecular weight excluding hydrogens is 338 g/mol. The number of nitro benzene ring substituents is 1. The number of ketones is 1. The van der Waals surface area contributed by atoms with Gasteiger partial charge in [-0.3, -0.25) is 14.9 Å². The van der Waals surface area contributed by atoms with E-state index in [1.54, 1.807) is 0 Å². The van der Waals surface area contributed by atoms with E-state index in [-0.39, 0.29) is 17.0 Å². The van der Waals surface area contributed by atoms with Gasteiger partial charge in [-0.2, -0.15) is 0 Å². The number of Topliss-reactive ketones (excluding diaryl/α,β-unsaturated/α-hetero) is 1. The molecule has 0 saturated heterocycles. The Bertz CT molecular complexity index is 700. The fourth-order valence-corrected chi connectivity index (χ4v) is 2.29. The van der Waals surface area contributed by atoms with E-state index in [1.165, 1.54) is 25.1 Å². The van der Waals surface area contributed by atoms with Crippen molar-refractivity contribution in [3.63, 3.8) is 0 Å². The molecule has 0 bridgehead atoms. The molecule has 0 atom stereocenters. The first kappa shape index (κ1) is 15.2. The first-order valence-electron chi connectivity index (χ1n) is 6.14. The first-order chi connectivity index (χ1) is 9.97. The van der Waals surface area contributed by atoms with Gasteiger partial charge in [0.05, 0.1) is 10.5 Å². The zero-order valence-electron chi connectivity index (χ0n) is 11.2. The van der Waals surface area contributed by atoms with E-state index in [0.717, 1.165) is 10.0 Å². The molecular formula is C15H12BrNO4. The summed E-state index contributed by atoms with van der Waals surface area (Å²) in [4.78, 5) is 21.8. The summed E-state index contributed by atoms with van der Waals surface area (Å²) in [7, 11) is 0. The van der Waals surface area contributed by atoms with Gasteiger partial charge in [0.2, 0.25) is 0 Å². The van der Waals surface area contributed by atoms with Crippen molar-refractivity contribution in [2.24, 2.45) is 0 Å². The molecule has 0 amide bonds. The molecule has 0 radical (unpaired) electrons. The smallest absolute Gasteiger partial charge is 0.280 e. The summed E-state index contributed by atoms with van der Waals surface area (Å²) in [5, 5.41) is 10.9. The number of hydrogen-bond donors (Lipinski definition) is 0. The van der Waals surface area contributed by atoms with Crippen molar-refractivity contribution >= 4 is 27.4 Å². The van der Waals surface area contributed by atoms with Gasteiger partial charge in [0.25, 0.3) is 5.69 Å². The molecule has 0 aliphatic heterocycles. The van der Waals surface area contributed by atoms with Crippen molar-refractivity contribution in [2.75, 3.05) is 0 Å². The number of carbonyl (C=O) groups excluding carboxylic acids is 1. The third-order valence-electron chi connectivity index (χ3n) is 2.84. The number of halogens is 1. The topological polar surface area (TPSA) is 69.4 Å². The number of ether oxygens (including phenoxy) is 1. The van der Waals surface area contributed by atoms with Crippen LogP contribution in [0.15, 0.2) is 46.9 Å². The summed E-state index contributed by atoms with van der Waals surface area (Å²) in [5.74, 6) is 0.0559. The summed E-state index contributed by atoms with van der Waals surface area (Å²) in [6.45, 7) is 1.61. The lowest BCUT2D eigenvalue weighted by Crippen LogP contribution is -2.02. The van der Waals surface area contributed by atoms with Crippen molar-refractivity contribution < 1.29 is 14.5 Å². The van der Waals surface area contributed by atoms with Crippen LogP contribution >= 0.6 is 15.9 Å². The van der Waals surface area contributed by atoms with Gasteiger partial charge >= 0.3 is 0 Å². The van der Waals surface area contributed by atoms with Gasteiger partial charge < -0.3 is 4.74 Å². The molecule has 5 nitrogen and oxygen atoms in total. The van der Waals surface area contributed by atoms with Crippen molar-refractivity contribution in [1.29, 1.82) is 0 Å². The van der Waals surface area contributed by atoms with E-state index in [2.05, 4.69) is 15.9 Å². The van der Waals surface area contributed by atoms with E-state index in [9.17, 15) is 14.9 Å². The van der Waals surface area contributed by atoms with Crippen LogP contribution in [0.3, 0.4) is 0 Å². The predicted octanol–water partition coefficient (Wildman–Crippen LogP) is 4.14. The van der Waals surface area contributed by atoms with Crippen molar-refractivity contribution in [2.45, 2.75) is 13.5 Å². The van der Waals surface area contributed by atoms with Crippen molar-refractivity contribution in [3.05, 3.63) is 68.2 Å². The maximum Gasteiger partial charge on any atom is 0.280 e. The fourth-order valence-electron chi connectivity index (χ4n) is 1.84. The standard InChI is InChI=1S/C15H12BrNO4/c1-10(18)14-8-13(5-6-15(14)17(19)20)21-9-11-3-2-4-12(16)7-11/h2-8H,9H2,1H3. The normalized spacial score (nSPS) is 10.2. The Balaban J connectivity index is 2.19. The van der Waals surface area contributed by atoms with Gasteiger partial charge in [-0.1, -0.05) is 28.1 Å². The van der Waals surface area contributed by atoms with Crippen LogP contribution in [0.25, 0.3) is 0 Å². The fraction of sp³-hybridized carbons (Fsp3) is 0.133. The minimum absolute atomic E-state index is 0.0479. The molecule has 0 spiro atoms. The highest BCUT2D eigenvalue weighted by Gasteiger charge is 2.18. The quantitative estimate of drug-likeness (QED) is 0.462. The van der Waals surface area contributed by atoms with E-state index < -0.39 is 4.92 Å². The lowest BCUT2D eigenvalue weighted by atomic mass is 10.1. The van der Waals surface area contributed by atoms with Crippen LogP contribution in [-0.4, -0.2) is 10.7 Å². The average Bonchev–Trinajstić information content (AvgIpc) is 2.44. The number of hydrogen-bond acceptors (Lipinski definition) is 4. The molecule has 2 aromatic carbocycles. The lowest BCUT2D eigenvalue weighted by Gasteiger charge is -2.08. The minimum Gasteiger partial charge on any atom is -0.489 e. The summed E-state index contributed by atoms with van der Waals surface area (Å²) in [5.41, 5.74) is 0.788. The van der Waals surface area contributed by atoms with Gasteiger partial charge in [0.15, 0.2) is 5.78 Å². The molecule has 0 aromatic heterocycles. The Labute approximate surface area is 129 Å². The van der Waals surface area contributed by atoms with Crippen LogP contribution in [0.2, 0.25) is 0 Å². The Morgan fingerprint density at radius 2 is 2.05 bits per heavy atom. The SMILES string of the molecule is CC(=O)c1cc(OCc2cccc(Br)c2)ccc1[N+](=O)[O-]. The molecule has 0 aliphatic rings. The summed E-state index contributed by atoms with van der Waals surface area (Å²) < 4.78 is 6.52. The molecule has 108 valence electrons. The summed E-state index contributed by atoms with van der Waals surface area (Å²) >= 11 is 3.37. The second-order valence-corrected chi connectivity index (χ2v) is 5.33. The maximum absolute atomic E-state index is 11.5. The van der Waals surface area contributed by atoms with Gasteiger partial charge in [-0.15, -0.1) is 0 Å². The van der Waals surface area contributed by atoms with Crippen LogP contribution in [0, 0.1) is 10.1 Å². The highest BCUT2D eigenvalue weighted by atomic mass is 79.9. The molecule has 21 heavy (non-hydrogen) atoms. The summed E-state index contributed by atoms with van der Waals surface area (Å²) in [6.07, 6.45) is 0. The molecule has 0 saturated carbocycles. The minimum atomic E-state index is -0.575. The van der Waals surface area contributed by atoms with Gasteiger partial charge in [-0.25, -0.2) is 0 Å². The van der Waals surface area contributed by atoms with E-state index in [1.807, 2.05) is 24.3 Å². The number of nitro groups is 1.